The Balaban J connectivity index is 2.65. The molecule has 0 radical (unpaired) electrons. The lowest BCUT2D eigenvalue weighted by Crippen LogP contribution is -2.48. The van der Waals surface area contributed by atoms with Crippen molar-refractivity contribution in [2.24, 2.45) is 5.92 Å². The molecule has 1 rings (SSSR count). The van der Waals surface area contributed by atoms with E-state index in [9.17, 15) is 9.59 Å². The molecule has 17 heavy (non-hydrogen) atoms. The minimum Gasteiger partial charge on any atom is -0.465 e. The van der Waals surface area contributed by atoms with Gasteiger partial charge in [-0.2, -0.15) is 0 Å². The molecule has 1 fully saturated rings. The lowest BCUT2D eigenvalue weighted by molar-refractivity contribution is -0.138. The third-order valence-electron chi connectivity index (χ3n) is 3.29. The van der Waals surface area contributed by atoms with Crippen molar-refractivity contribution in [3.63, 3.8) is 0 Å². The van der Waals surface area contributed by atoms with Crippen LogP contribution in [-0.2, 0) is 4.79 Å². The zero-order valence-corrected chi connectivity index (χ0v) is 10.8. The highest BCUT2D eigenvalue weighted by Crippen LogP contribution is 2.19. The summed E-state index contributed by atoms with van der Waals surface area (Å²) < 4.78 is 0. The molecule has 5 nitrogen and oxygen atoms in total. The number of nitrogens with zero attached hydrogens (tertiary/aromatic N) is 2. The Morgan fingerprint density at radius 2 is 2.12 bits per heavy atom. The topological polar surface area (TPSA) is 60.9 Å². The van der Waals surface area contributed by atoms with Gasteiger partial charge in [0, 0.05) is 25.7 Å². The van der Waals surface area contributed by atoms with E-state index in [4.69, 9.17) is 5.11 Å². The van der Waals surface area contributed by atoms with Crippen molar-refractivity contribution in [2.75, 3.05) is 19.6 Å². The molecule has 0 saturated carbocycles. The quantitative estimate of drug-likeness (QED) is 0.818. The molecule has 5 heteroatoms. The zero-order valence-electron chi connectivity index (χ0n) is 10.8. The Bertz CT molecular complexity index is 291. The SMILES string of the molecule is CCN(C(=O)C1CCCN(C(=O)O)C1)C(C)C. The number of rotatable bonds is 3. The summed E-state index contributed by atoms with van der Waals surface area (Å²) in [5, 5.41) is 8.94. The van der Waals surface area contributed by atoms with Gasteiger partial charge in [-0.25, -0.2) is 4.79 Å². The van der Waals surface area contributed by atoms with Crippen molar-refractivity contribution in [3.8, 4) is 0 Å². The van der Waals surface area contributed by atoms with E-state index in [2.05, 4.69) is 0 Å². The van der Waals surface area contributed by atoms with Gasteiger partial charge < -0.3 is 14.9 Å². The van der Waals surface area contributed by atoms with Gasteiger partial charge in [-0.3, -0.25) is 4.79 Å². The van der Waals surface area contributed by atoms with Gasteiger partial charge >= 0.3 is 6.09 Å². The third-order valence-corrected chi connectivity index (χ3v) is 3.29. The van der Waals surface area contributed by atoms with Gasteiger partial charge in [0.15, 0.2) is 0 Å². The molecular weight excluding hydrogens is 220 g/mol. The van der Waals surface area contributed by atoms with Crippen molar-refractivity contribution in [1.29, 1.82) is 0 Å². The van der Waals surface area contributed by atoms with E-state index in [0.717, 1.165) is 12.8 Å². The molecule has 1 unspecified atom stereocenters. The maximum Gasteiger partial charge on any atom is 0.407 e. The summed E-state index contributed by atoms with van der Waals surface area (Å²) >= 11 is 0. The first kappa shape index (κ1) is 13.8. The van der Waals surface area contributed by atoms with Crippen LogP contribution in [0.2, 0.25) is 0 Å². The zero-order chi connectivity index (χ0) is 13.0. The van der Waals surface area contributed by atoms with Crippen LogP contribution in [0.3, 0.4) is 0 Å². The lowest BCUT2D eigenvalue weighted by Gasteiger charge is -2.34. The third kappa shape index (κ3) is 3.35. The molecule has 2 amide bonds. The fourth-order valence-corrected chi connectivity index (χ4v) is 2.36. The first-order valence-corrected chi connectivity index (χ1v) is 6.25. The number of carbonyl (C=O) groups excluding carboxylic acids is 1. The molecule has 0 bridgehead atoms. The summed E-state index contributed by atoms with van der Waals surface area (Å²) in [7, 11) is 0. The molecule has 1 aliphatic heterocycles. The first-order chi connectivity index (χ1) is 7.97. The molecule has 1 atom stereocenters. The normalized spacial score (nSPS) is 20.5. The highest BCUT2D eigenvalue weighted by molar-refractivity contribution is 5.80. The second-order valence-electron chi connectivity index (χ2n) is 4.79. The fourth-order valence-electron chi connectivity index (χ4n) is 2.36. The lowest BCUT2D eigenvalue weighted by atomic mass is 9.96. The molecule has 98 valence electrons. The van der Waals surface area contributed by atoms with Gasteiger partial charge in [0.1, 0.15) is 0 Å². The molecule has 0 spiro atoms. The van der Waals surface area contributed by atoms with Gasteiger partial charge in [0.25, 0.3) is 0 Å². The predicted octanol–water partition coefficient (Wildman–Crippen LogP) is 1.63. The van der Waals surface area contributed by atoms with Crippen molar-refractivity contribution in [2.45, 2.75) is 39.7 Å². The van der Waals surface area contributed by atoms with Crippen molar-refractivity contribution < 1.29 is 14.7 Å². The molecule has 1 aliphatic rings. The van der Waals surface area contributed by atoms with Crippen LogP contribution in [0.25, 0.3) is 0 Å². The number of likely N-dealkylation sites (tertiary alicyclic amines) is 1. The summed E-state index contributed by atoms with van der Waals surface area (Å²) in [6.45, 7) is 7.50. The first-order valence-electron chi connectivity index (χ1n) is 6.25. The number of piperidine rings is 1. The monoisotopic (exact) mass is 242 g/mol. The summed E-state index contributed by atoms with van der Waals surface area (Å²) in [6.07, 6.45) is 0.652. The Labute approximate surface area is 102 Å². The highest BCUT2D eigenvalue weighted by Gasteiger charge is 2.31. The molecule has 0 aromatic carbocycles. The summed E-state index contributed by atoms with van der Waals surface area (Å²) in [4.78, 5) is 26.3. The number of carboxylic acid groups (broad SMARTS) is 1. The summed E-state index contributed by atoms with van der Waals surface area (Å²) in [5.41, 5.74) is 0. The van der Waals surface area contributed by atoms with E-state index in [-0.39, 0.29) is 17.9 Å². The number of amides is 2. The molecule has 1 heterocycles. The van der Waals surface area contributed by atoms with E-state index >= 15 is 0 Å². The Morgan fingerprint density at radius 3 is 2.59 bits per heavy atom. The van der Waals surface area contributed by atoms with Crippen LogP contribution in [0.1, 0.15) is 33.6 Å². The standard InChI is InChI=1S/C12H22N2O3/c1-4-14(9(2)3)11(15)10-6-5-7-13(8-10)12(16)17/h9-10H,4-8H2,1-3H3,(H,16,17). The Kier molecular flexibility index (Phi) is 4.78. The van der Waals surface area contributed by atoms with Gasteiger partial charge in [-0.1, -0.05) is 0 Å². The van der Waals surface area contributed by atoms with Crippen LogP contribution in [-0.4, -0.2) is 52.6 Å². The van der Waals surface area contributed by atoms with Gasteiger partial charge in [0.2, 0.25) is 5.91 Å². The van der Waals surface area contributed by atoms with Gasteiger partial charge in [-0.05, 0) is 33.6 Å². The molecule has 0 aromatic rings. The van der Waals surface area contributed by atoms with E-state index in [0.29, 0.717) is 19.6 Å². The van der Waals surface area contributed by atoms with Crippen molar-refractivity contribution in [3.05, 3.63) is 0 Å². The van der Waals surface area contributed by atoms with Crippen molar-refractivity contribution in [1.82, 2.24) is 9.80 Å². The Morgan fingerprint density at radius 1 is 1.47 bits per heavy atom. The fraction of sp³-hybridized carbons (Fsp3) is 0.833. The van der Waals surface area contributed by atoms with E-state index in [1.807, 2.05) is 25.7 Å². The average Bonchev–Trinajstić information content (AvgIpc) is 2.29. The predicted molar refractivity (Wildman–Crippen MR) is 64.8 cm³/mol. The van der Waals surface area contributed by atoms with Crippen molar-refractivity contribution >= 4 is 12.0 Å². The van der Waals surface area contributed by atoms with E-state index in [1.54, 1.807) is 0 Å². The van der Waals surface area contributed by atoms with Gasteiger partial charge in [-0.15, -0.1) is 0 Å². The number of hydrogen-bond donors (Lipinski definition) is 1. The molecule has 1 saturated heterocycles. The van der Waals surface area contributed by atoms with Crippen LogP contribution in [0, 0.1) is 5.92 Å². The second-order valence-corrected chi connectivity index (χ2v) is 4.79. The average molecular weight is 242 g/mol. The number of hydrogen-bond acceptors (Lipinski definition) is 2. The largest absolute Gasteiger partial charge is 0.465 e. The van der Waals surface area contributed by atoms with Crippen LogP contribution in [0.5, 0.6) is 0 Å². The summed E-state index contributed by atoms with van der Waals surface area (Å²) in [6, 6.07) is 0.174. The molecule has 1 N–H and O–H groups in total. The van der Waals surface area contributed by atoms with E-state index < -0.39 is 6.09 Å². The summed E-state index contributed by atoms with van der Waals surface area (Å²) in [5.74, 6) is -0.0735. The molecule has 0 aliphatic carbocycles. The number of carbonyl (C=O) groups is 2. The molecule has 0 aromatic heterocycles. The van der Waals surface area contributed by atoms with Crippen LogP contribution in [0.4, 0.5) is 4.79 Å². The maximum atomic E-state index is 12.2. The van der Waals surface area contributed by atoms with Gasteiger partial charge in [0.05, 0.1) is 5.92 Å². The van der Waals surface area contributed by atoms with Crippen LogP contribution >= 0.6 is 0 Å². The minimum absolute atomic E-state index is 0.0912. The van der Waals surface area contributed by atoms with Crippen LogP contribution in [0.15, 0.2) is 0 Å². The smallest absolute Gasteiger partial charge is 0.407 e. The van der Waals surface area contributed by atoms with E-state index in [1.165, 1.54) is 4.90 Å². The second kappa shape index (κ2) is 5.89. The maximum absolute atomic E-state index is 12.2. The highest BCUT2D eigenvalue weighted by atomic mass is 16.4. The van der Waals surface area contributed by atoms with Crippen LogP contribution < -0.4 is 0 Å². The molecular formula is C12H22N2O3. The Hall–Kier alpha value is -1.26. The minimum atomic E-state index is -0.921.